The zero-order chi connectivity index (χ0) is 13.9. The third kappa shape index (κ3) is 4.24. The van der Waals surface area contributed by atoms with E-state index in [-0.39, 0.29) is 6.09 Å². The molecule has 1 amide bonds. The molecule has 1 saturated heterocycles. The van der Waals surface area contributed by atoms with Crippen LogP contribution in [0.15, 0.2) is 30.3 Å². The van der Waals surface area contributed by atoms with Gasteiger partial charge in [-0.3, -0.25) is 9.80 Å². The molecule has 0 N–H and O–H groups in total. The molecule has 0 radical (unpaired) electrons. The highest BCUT2D eigenvalue weighted by Crippen LogP contribution is 2.15. The summed E-state index contributed by atoms with van der Waals surface area (Å²) >= 11 is 0. The van der Waals surface area contributed by atoms with Gasteiger partial charge in [-0.05, 0) is 26.3 Å². The largest absolute Gasteiger partial charge is 0.444 e. The zero-order valence-electron chi connectivity index (χ0n) is 11.9. The van der Waals surface area contributed by atoms with Crippen LogP contribution in [0.2, 0.25) is 0 Å². The van der Waals surface area contributed by atoms with E-state index in [0.29, 0.717) is 6.67 Å². The monoisotopic (exact) mass is 262 g/mol. The molecule has 104 valence electrons. The van der Waals surface area contributed by atoms with Crippen molar-refractivity contribution in [2.24, 2.45) is 0 Å². The summed E-state index contributed by atoms with van der Waals surface area (Å²) in [5, 5.41) is 0. The summed E-state index contributed by atoms with van der Waals surface area (Å²) in [4.78, 5) is 15.9. The summed E-state index contributed by atoms with van der Waals surface area (Å²) < 4.78 is 5.38. The van der Waals surface area contributed by atoms with Crippen LogP contribution >= 0.6 is 0 Å². The topological polar surface area (TPSA) is 32.8 Å². The molecule has 0 aromatic heterocycles. The molecular weight excluding hydrogens is 240 g/mol. The highest BCUT2D eigenvalue weighted by Gasteiger charge is 2.28. The molecular formula is C15H22N2O2. The van der Waals surface area contributed by atoms with Crippen LogP contribution in [0.25, 0.3) is 0 Å². The lowest BCUT2D eigenvalue weighted by molar-refractivity contribution is 0.0263. The van der Waals surface area contributed by atoms with Crippen molar-refractivity contribution in [3.8, 4) is 0 Å². The fourth-order valence-corrected chi connectivity index (χ4v) is 2.09. The SMILES string of the molecule is CC(C)(C)OC(=O)N1CCN(Cc2ccccc2)C1. The van der Waals surface area contributed by atoms with Crippen LogP contribution in [-0.4, -0.2) is 41.3 Å². The lowest BCUT2D eigenvalue weighted by Gasteiger charge is -2.24. The second-order valence-electron chi connectivity index (χ2n) is 5.92. The van der Waals surface area contributed by atoms with Crippen molar-refractivity contribution in [1.82, 2.24) is 9.80 Å². The van der Waals surface area contributed by atoms with Crippen molar-refractivity contribution in [2.45, 2.75) is 32.9 Å². The molecule has 4 nitrogen and oxygen atoms in total. The van der Waals surface area contributed by atoms with Crippen molar-refractivity contribution < 1.29 is 9.53 Å². The maximum atomic E-state index is 11.9. The zero-order valence-corrected chi connectivity index (χ0v) is 11.9. The molecule has 0 bridgehead atoms. The molecule has 1 heterocycles. The van der Waals surface area contributed by atoms with Crippen molar-refractivity contribution in [3.05, 3.63) is 35.9 Å². The molecule has 0 atom stereocenters. The van der Waals surface area contributed by atoms with E-state index >= 15 is 0 Å². The first-order chi connectivity index (χ1) is 8.94. The number of ether oxygens (including phenoxy) is 1. The van der Waals surface area contributed by atoms with Gasteiger partial charge in [-0.1, -0.05) is 30.3 Å². The molecule has 1 aliphatic rings. The summed E-state index contributed by atoms with van der Waals surface area (Å²) in [5.74, 6) is 0. The highest BCUT2D eigenvalue weighted by atomic mass is 16.6. The number of hydrogen-bond acceptors (Lipinski definition) is 3. The van der Waals surface area contributed by atoms with Crippen molar-refractivity contribution in [3.63, 3.8) is 0 Å². The van der Waals surface area contributed by atoms with E-state index in [4.69, 9.17) is 4.74 Å². The Labute approximate surface area is 115 Å². The molecule has 19 heavy (non-hydrogen) atoms. The second kappa shape index (κ2) is 5.61. The summed E-state index contributed by atoms with van der Waals surface area (Å²) in [6.07, 6.45) is -0.219. The number of hydrogen-bond donors (Lipinski definition) is 0. The van der Waals surface area contributed by atoms with Gasteiger partial charge in [0.15, 0.2) is 0 Å². The van der Waals surface area contributed by atoms with Gasteiger partial charge in [0.1, 0.15) is 5.60 Å². The van der Waals surface area contributed by atoms with Crippen molar-refractivity contribution in [1.29, 1.82) is 0 Å². The molecule has 1 fully saturated rings. The Morgan fingerprint density at radius 3 is 2.53 bits per heavy atom. The van der Waals surface area contributed by atoms with E-state index in [9.17, 15) is 4.79 Å². The molecule has 0 spiro atoms. The first kappa shape index (κ1) is 13.9. The number of nitrogens with zero attached hydrogens (tertiary/aromatic N) is 2. The summed E-state index contributed by atoms with van der Waals surface area (Å²) in [6, 6.07) is 10.3. The van der Waals surface area contributed by atoms with Crippen LogP contribution < -0.4 is 0 Å². The molecule has 1 aliphatic heterocycles. The number of amides is 1. The Kier molecular flexibility index (Phi) is 4.10. The smallest absolute Gasteiger partial charge is 0.411 e. The first-order valence-corrected chi connectivity index (χ1v) is 6.68. The van der Waals surface area contributed by atoms with E-state index < -0.39 is 5.60 Å². The van der Waals surface area contributed by atoms with Crippen LogP contribution in [0.1, 0.15) is 26.3 Å². The molecule has 0 unspecified atom stereocenters. The van der Waals surface area contributed by atoms with Crippen LogP contribution in [-0.2, 0) is 11.3 Å². The van der Waals surface area contributed by atoms with E-state index in [1.165, 1.54) is 5.56 Å². The Balaban J connectivity index is 1.85. The van der Waals surface area contributed by atoms with Crippen LogP contribution in [0.5, 0.6) is 0 Å². The van der Waals surface area contributed by atoms with Crippen molar-refractivity contribution in [2.75, 3.05) is 19.8 Å². The number of rotatable bonds is 2. The summed E-state index contributed by atoms with van der Waals surface area (Å²) in [6.45, 7) is 8.83. The van der Waals surface area contributed by atoms with E-state index in [1.54, 1.807) is 4.90 Å². The molecule has 0 aliphatic carbocycles. The normalized spacial score (nSPS) is 16.7. The van der Waals surface area contributed by atoms with Gasteiger partial charge in [0.25, 0.3) is 0 Å². The Bertz CT molecular complexity index is 426. The van der Waals surface area contributed by atoms with Gasteiger partial charge >= 0.3 is 6.09 Å². The van der Waals surface area contributed by atoms with Gasteiger partial charge in [-0.25, -0.2) is 4.79 Å². The quantitative estimate of drug-likeness (QED) is 0.821. The molecule has 4 heteroatoms. The van der Waals surface area contributed by atoms with Crippen LogP contribution in [0.3, 0.4) is 0 Å². The average molecular weight is 262 g/mol. The summed E-state index contributed by atoms with van der Waals surface area (Å²) in [5.41, 5.74) is 0.845. The third-order valence-corrected chi connectivity index (χ3v) is 2.96. The molecule has 2 rings (SSSR count). The third-order valence-electron chi connectivity index (χ3n) is 2.96. The number of carbonyl (C=O) groups excluding carboxylic acids is 1. The van der Waals surface area contributed by atoms with Gasteiger partial charge < -0.3 is 4.74 Å². The number of benzene rings is 1. The maximum Gasteiger partial charge on any atom is 0.411 e. The Morgan fingerprint density at radius 1 is 1.21 bits per heavy atom. The first-order valence-electron chi connectivity index (χ1n) is 6.68. The lowest BCUT2D eigenvalue weighted by atomic mass is 10.2. The van der Waals surface area contributed by atoms with E-state index in [0.717, 1.165) is 19.6 Å². The average Bonchev–Trinajstić information content (AvgIpc) is 2.77. The molecule has 0 saturated carbocycles. The summed E-state index contributed by atoms with van der Waals surface area (Å²) in [7, 11) is 0. The second-order valence-corrected chi connectivity index (χ2v) is 5.92. The fourth-order valence-electron chi connectivity index (χ4n) is 2.09. The van der Waals surface area contributed by atoms with Gasteiger partial charge in [0.2, 0.25) is 0 Å². The van der Waals surface area contributed by atoms with Gasteiger partial charge in [0.05, 0.1) is 6.67 Å². The molecule has 1 aromatic rings. The Hall–Kier alpha value is -1.55. The van der Waals surface area contributed by atoms with E-state index in [1.807, 2.05) is 39.0 Å². The highest BCUT2D eigenvalue weighted by molar-refractivity contribution is 5.68. The minimum atomic E-state index is -0.427. The predicted molar refractivity (Wildman–Crippen MR) is 74.7 cm³/mol. The fraction of sp³-hybridized carbons (Fsp3) is 0.533. The van der Waals surface area contributed by atoms with Gasteiger partial charge in [-0.2, -0.15) is 0 Å². The predicted octanol–water partition coefficient (Wildman–Crippen LogP) is 2.70. The van der Waals surface area contributed by atoms with Crippen LogP contribution in [0, 0.1) is 0 Å². The minimum absolute atomic E-state index is 0.219. The van der Waals surface area contributed by atoms with Gasteiger partial charge in [-0.15, -0.1) is 0 Å². The van der Waals surface area contributed by atoms with E-state index in [2.05, 4.69) is 17.0 Å². The maximum absolute atomic E-state index is 11.9. The van der Waals surface area contributed by atoms with Crippen LogP contribution in [0.4, 0.5) is 4.79 Å². The molecule has 1 aromatic carbocycles. The Morgan fingerprint density at radius 2 is 1.89 bits per heavy atom. The lowest BCUT2D eigenvalue weighted by Crippen LogP contribution is -2.36. The standard InChI is InChI=1S/C15H22N2O2/c1-15(2,3)19-14(18)17-10-9-16(12-17)11-13-7-5-4-6-8-13/h4-8H,9-12H2,1-3H3. The van der Waals surface area contributed by atoms with Gasteiger partial charge in [0, 0.05) is 19.6 Å². The minimum Gasteiger partial charge on any atom is -0.444 e. The number of carbonyl (C=O) groups is 1. The van der Waals surface area contributed by atoms with Crippen molar-refractivity contribution >= 4 is 6.09 Å².